The maximum Gasteiger partial charge on any atom is 0.327 e. The topological polar surface area (TPSA) is 58.6 Å². The third kappa shape index (κ3) is 3.97. The van der Waals surface area contributed by atoms with Crippen molar-refractivity contribution in [1.29, 1.82) is 0 Å². The molecule has 1 saturated carbocycles. The fraction of sp³-hybridized carbons (Fsp3) is 0.562. The average molecular weight is 277 g/mol. The molecular formula is C16H23NO3. The number of rotatable bonds is 4. The van der Waals surface area contributed by atoms with Crippen molar-refractivity contribution in [2.75, 3.05) is 7.11 Å². The summed E-state index contributed by atoms with van der Waals surface area (Å²) >= 11 is 0. The molecule has 0 aromatic heterocycles. The monoisotopic (exact) mass is 277 g/mol. The molecule has 4 heteroatoms. The number of hydrogen-bond donors (Lipinski definition) is 2. The van der Waals surface area contributed by atoms with E-state index in [9.17, 15) is 9.90 Å². The number of aromatic hydroxyl groups is 1. The van der Waals surface area contributed by atoms with Crippen molar-refractivity contribution in [3.63, 3.8) is 0 Å². The zero-order valence-electron chi connectivity index (χ0n) is 12.0. The molecule has 1 unspecified atom stereocenters. The highest BCUT2D eigenvalue weighted by atomic mass is 16.5. The Morgan fingerprint density at radius 1 is 1.30 bits per heavy atom. The Labute approximate surface area is 120 Å². The Morgan fingerprint density at radius 2 is 2.00 bits per heavy atom. The molecule has 2 N–H and O–H groups in total. The molecule has 0 amide bonds. The maximum atomic E-state index is 12.0. The number of hydrogen-bond acceptors (Lipinski definition) is 4. The van der Waals surface area contributed by atoms with Crippen LogP contribution in [-0.4, -0.2) is 24.2 Å². The highest BCUT2D eigenvalue weighted by molar-refractivity contribution is 5.77. The first-order chi connectivity index (χ1) is 9.70. The summed E-state index contributed by atoms with van der Waals surface area (Å²) in [6.45, 7) is 0. The predicted molar refractivity (Wildman–Crippen MR) is 77.5 cm³/mol. The Morgan fingerprint density at radius 3 is 2.60 bits per heavy atom. The van der Waals surface area contributed by atoms with Crippen LogP contribution in [0.1, 0.15) is 50.1 Å². The molecule has 2 rings (SSSR count). The second kappa shape index (κ2) is 7.29. The highest BCUT2D eigenvalue weighted by Crippen LogP contribution is 2.24. The van der Waals surface area contributed by atoms with E-state index in [0.717, 1.165) is 18.4 Å². The van der Waals surface area contributed by atoms with E-state index in [1.54, 1.807) is 18.2 Å². The zero-order valence-corrected chi connectivity index (χ0v) is 12.0. The molecular weight excluding hydrogens is 254 g/mol. The van der Waals surface area contributed by atoms with Crippen LogP contribution in [0.2, 0.25) is 0 Å². The molecule has 1 aliphatic carbocycles. The first-order valence-corrected chi connectivity index (χ1v) is 7.33. The smallest absolute Gasteiger partial charge is 0.327 e. The van der Waals surface area contributed by atoms with E-state index in [4.69, 9.17) is 4.74 Å². The van der Waals surface area contributed by atoms with Crippen molar-refractivity contribution in [2.24, 2.45) is 0 Å². The molecule has 0 radical (unpaired) electrons. The van der Waals surface area contributed by atoms with Gasteiger partial charge in [0.25, 0.3) is 0 Å². The van der Waals surface area contributed by atoms with Crippen molar-refractivity contribution < 1.29 is 14.6 Å². The number of nitrogens with one attached hydrogen (secondary N) is 1. The minimum absolute atomic E-state index is 0.166. The first-order valence-electron chi connectivity index (χ1n) is 7.33. The van der Waals surface area contributed by atoms with Crippen LogP contribution >= 0.6 is 0 Å². The molecule has 4 nitrogen and oxygen atoms in total. The van der Waals surface area contributed by atoms with Gasteiger partial charge >= 0.3 is 5.97 Å². The lowest BCUT2D eigenvalue weighted by Crippen LogP contribution is -2.37. The lowest BCUT2D eigenvalue weighted by Gasteiger charge is -2.23. The molecule has 1 aliphatic rings. The van der Waals surface area contributed by atoms with Crippen LogP contribution in [0.4, 0.5) is 0 Å². The Bertz CT molecular complexity index is 439. The third-order valence-electron chi connectivity index (χ3n) is 3.90. The van der Waals surface area contributed by atoms with Gasteiger partial charge in [-0.25, -0.2) is 4.79 Å². The molecule has 1 fully saturated rings. The largest absolute Gasteiger partial charge is 0.508 e. The fourth-order valence-electron chi connectivity index (χ4n) is 2.80. The summed E-state index contributed by atoms with van der Waals surface area (Å²) in [5.74, 6) is -0.140. The standard InChI is InChI=1S/C16H23NO3/c1-20-16(19)15(12-7-6-10-14(18)11-12)17-13-8-4-2-3-5-9-13/h6-7,10-11,13,15,17-18H,2-5,8-9H2,1H3. The molecule has 1 aromatic rings. The number of phenols is 1. The van der Waals surface area contributed by atoms with Crippen LogP contribution in [0.15, 0.2) is 24.3 Å². The summed E-state index contributed by atoms with van der Waals surface area (Å²) in [5.41, 5.74) is 0.751. The molecule has 0 spiro atoms. The summed E-state index contributed by atoms with van der Waals surface area (Å²) < 4.78 is 4.90. The lowest BCUT2D eigenvalue weighted by atomic mass is 10.0. The molecule has 1 atom stereocenters. The van der Waals surface area contributed by atoms with Gasteiger partial charge in [0.1, 0.15) is 11.8 Å². The Balaban J connectivity index is 2.12. The Kier molecular flexibility index (Phi) is 5.41. The van der Waals surface area contributed by atoms with Gasteiger partial charge in [-0.2, -0.15) is 0 Å². The van der Waals surface area contributed by atoms with E-state index in [-0.39, 0.29) is 11.7 Å². The van der Waals surface area contributed by atoms with Gasteiger partial charge in [-0.05, 0) is 30.5 Å². The molecule has 0 bridgehead atoms. The first kappa shape index (κ1) is 14.9. The van der Waals surface area contributed by atoms with E-state index in [0.29, 0.717) is 6.04 Å². The zero-order chi connectivity index (χ0) is 14.4. The van der Waals surface area contributed by atoms with Crippen molar-refractivity contribution >= 4 is 5.97 Å². The van der Waals surface area contributed by atoms with Crippen LogP contribution in [0.3, 0.4) is 0 Å². The van der Waals surface area contributed by atoms with Crippen molar-refractivity contribution in [2.45, 2.75) is 50.6 Å². The van der Waals surface area contributed by atoms with Gasteiger partial charge in [0.15, 0.2) is 0 Å². The van der Waals surface area contributed by atoms with E-state index in [1.807, 2.05) is 6.07 Å². The van der Waals surface area contributed by atoms with E-state index in [2.05, 4.69) is 5.32 Å². The number of ether oxygens (including phenoxy) is 1. The van der Waals surface area contributed by atoms with Crippen molar-refractivity contribution in [1.82, 2.24) is 5.32 Å². The van der Waals surface area contributed by atoms with Gasteiger partial charge in [-0.15, -0.1) is 0 Å². The predicted octanol–water partition coefficient (Wildman–Crippen LogP) is 2.92. The summed E-state index contributed by atoms with van der Waals surface area (Å²) in [6, 6.07) is 6.63. The quantitative estimate of drug-likeness (QED) is 0.656. The fourth-order valence-corrected chi connectivity index (χ4v) is 2.80. The maximum absolute atomic E-state index is 12.0. The van der Waals surface area contributed by atoms with Gasteiger partial charge in [0.2, 0.25) is 0 Å². The minimum atomic E-state index is -0.504. The Hall–Kier alpha value is -1.55. The number of phenolic OH excluding ortho intramolecular Hbond substituents is 1. The van der Waals surface area contributed by atoms with E-state index < -0.39 is 6.04 Å². The number of methoxy groups -OCH3 is 1. The number of carbonyl (C=O) groups excluding carboxylic acids is 1. The van der Waals surface area contributed by atoms with Gasteiger partial charge in [0, 0.05) is 6.04 Å². The highest BCUT2D eigenvalue weighted by Gasteiger charge is 2.25. The molecule has 0 saturated heterocycles. The van der Waals surface area contributed by atoms with Crippen LogP contribution in [0.25, 0.3) is 0 Å². The average Bonchev–Trinajstić information content (AvgIpc) is 2.72. The third-order valence-corrected chi connectivity index (χ3v) is 3.90. The molecule has 0 heterocycles. The minimum Gasteiger partial charge on any atom is -0.508 e. The second-order valence-corrected chi connectivity index (χ2v) is 5.41. The molecule has 1 aromatic carbocycles. The van der Waals surface area contributed by atoms with Crippen molar-refractivity contribution in [3.8, 4) is 5.75 Å². The SMILES string of the molecule is COC(=O)C(NC1CCCCCC1)c1cccc(O)c1. The van der Waals surface area contributed by atoms with Gasteiger partial charge in [0.05, 0.1) is 7.11 Å². The summed E-state index contributed by atoms with van der Waals surface area (Å²) in [6.07, 6.45) is 7.12. The number of benzene rings is 1. The van der Waals surface area contributed by atoms with E-state index in [1.165, 1.54) is 32.8 Å². The van der Waals surface area contributed by atoms with Gasteiger partial charge < -0.3 is 9.84 Å². The molecule has 0 aliphatic heterocycles. The van der Waals surface area contributed by atoms with Crippen molar-refractivity contribution in [3.05, 3.63) is 29.8 Å². The van der Waals surface area contributed by atoms with Gasteiger partial charge in [-0.3, -0.25) is 5.32 Å². The summed E-state index contributed by atoms with van der Waals surface area (Å²) in [4.78, 5) is 12.0. The van der Waals surface area contributed by atoms with Crippen LogP contribution < -0.4 is 5.32 Å². The lowest BCUT2D eigenvalue weighted by molar-refractivity contribution is -0.143. The van der Waals surface area contributed by atoms with Crippen LogP contribution in [-0.2, 0) is 9.53 Å². The number of esters is 1. The van der Waals surface area contributed by atoms with E-state index >= 15 is 0 Å². The number of carbonyl (C=O) groups is 1. The van der Waals surface area contributed by atoms with Crippen LogP contribution in [0.5, 0.6) is 5.75 Å². The normalized spacial score (nSPS) is 18.2. The second-order valence-electron chi connectivity index (χ2n) is 5.41. The summed E-state index contributed by atoms with van der Waals surface area (Å²) in [7, 11) is 1.40. The molecule has 20 heavy (non-hydrogen) atoms. The van der Waals surface area contributed by atoms with Crippen LogP contribution in [0, 0.1) is 0 Å². The molecule has 110 valence electrons. The van der Waals surface area contributed by atoms with Gasteiger partial charge in [-0.1, -0.05) is 37.8 Å². The summed E-state index contributed by atoms with van der Waals surface area (Å²) in [5, 5.41) is 13.0.